The number of benzene rings is 2. The highest BCUT2D eigenvalue weighted by atomic mass is 16.5. The van der Waals surface area contributed by atoms with Gasteiger partial charge in [-0.2, -0.15) is 0 Å². The maximum Gasteiger partial charge on any atom is 0.254 e. The molecule has 1 fully saturated rings. The van der Waals surface area contributed by atoms with Crippen LogP contribution in [0.2, 0.25) is 0 Å². The van der Waals surface area contributed by atoms with E-state index in [1.54, 1.807) is 40.6 Å². The molecule has 0 saturated carbocycles. The van der Waals surface area contributed by atoms with Crippen molar-refractivity contribution in [2.45, 2.75) is 0 Å². The topological polar surface area (TPSA) is 60.5 Å². The molecule has 0 N–H and O–H groups in total. The summed E-state index contributed by atoms with van der Waals surface area (Å²) in [5.41, 5.74) is 1.65. The molecule has 0 radical (unpaired) electrons. The molecule has 0 spiro atoms. The molecule has 0 bridgehead atoms. The minimum absolute atomic E-state index is 0.0476. The fraction of sp³-hybridized carbons (Fsp3) is 0.381. The second-order valence-electron chi connectivity index (χ2n) is 6.39. The van der Waals surface area contributed by atoms with Gasteiger partial charge in [0.15, 0.2) is 11.5 Å². The van der Waals surface area contributed by atoms with E-state index in [2.05, 4.69) is 4.90 Å². The molecule has 1 heterocycles. The van der Waals surface area contributed by atoms with Crippen LogP contribution < -0.4 is 23.8 Å². The van der Waals surface area contributed by atoms with E-state index in [-0.39, 0.29) is 5.91 Å². The predicted molar refractivity (Wildman–Crippen MR) is 107 cm³/mol. The molecule has 0 aliphatic carbocycles. The number of hydrogen-bond donors (Lipinski definition) is 0. The summed E-state index contributed by atoms with van der Waals surface area (Å²) in [5.74, 6) is 2.21. The molecule has 1 aliphatic rings. The minimum Gasteiger partial charge on any atom is -0.497 e. The third-order valence-electron chi connectivity index (χ3n) is 4.92. The summed E-state index contributed by atoms with van der Waals surface area (Å²) in [6.45, 7) is 2.81. The summed E-state index contributed by atoms with van der Waals surface area (Å²) < 4.78 is 21.2. The Morgan fingerprint density at radius 1 is 0.786 bits per heavy atom. The quantitative estimate of drug-likeness (QED) is 0.761. The predicted octanol–water partition coefficient (Wildman–Crippen LogP) is 2.68. The Bertz CT molecular complexity index is 789. The monoisotopic (exact) mass is 386 g/mol. The number of methoxy groups -OCH3 is 4. The molecule has 7 heteroatoms. The first-order chi connectivity index (χ1) is 13.6. The number of ether oxygens (including phenoxy) is 4. The van der Waals surface area contributed by atoms with Crippen LogP contribution in [0.15, 0.2) is 36.4 Å². The van der Waals surface area contributed by atoms with Crippen molar-refractivity contribution in [3.05, 3.63) is 42.0 Å². The average Bonchev–Trinajstić information content (AvgIpc) is 2.77. The van der Waals surface area contributed by atoms with Gasteiger partial charge in [-0.3, -0.25) is 4.79 Å². The minimum atomic E-state index is -0.0476. The summed E-state index contributed by atoms with van der Waals surface area (Å²) in [7, 11) is 6.28. The Labute approximate surface area is 165 Å². The Kier molecular flexibility index (Phi) is 6.13. The summed E-state index contributed by atoms with van der Waals surface area (Å²) >= 11 is 0. The Morgan fingerprint density at radius 2 is 1.36 bits per heavy atom. The van der Waals surface area contributed by atoms with Crippen molar-refractivity contribution in [1.29, 1.82) is 0 Å². The van der Waals surface area contributed by atoms with E-state index < -0.39 is 0 Å². The Morgan fingerprint density at radius 3 is 1.82 bits per heavy atom. The number of carbonyl (C=O) groups is 1. The molecule has 1 saturated heterocycles. The van der Waals surface area contributed by atoms with Crippen LogP contribution in [0.3, 0.4) is 0 Å². The maximum atomic E-state index is 13.0. The highest BCUT2D eigenvalue weighted by Gasteiger charge is 2.25. The van der Waals surface area contributed by atoms with E-state index in [9.17, 15) is 4.79 Å². The second kappa shape index (κ2) is 8.73. The molecule has 3 rings (SSSR count). The first-order valence-corrected chi connectivity index (χ1v) is 9.09. The molecule has 2 aromatic rings. The van der Waals surface area contributed by atoms with Crippen molar-refractivity contribution < 1.29 is 23.7 Å². The molecule has 2 aromatic carbocycles. The van der Waals surface area contributed by atoms with E-state index in [1.165, 1.54) is 0 Å². The van der Waals surface area contributed by atoms with Crippen molar-refractivity contribution in [3.63, 3.8) is 0 Å². The molecule has 1 aliphatic heterocycles. The smallest absolute Gasteiger partial charge is 0.254 e. The summed E-state index contributed by atoms with van der Waals surface area (Å²) in [6, 6.07) is 11.4. The van der Waals surface area contributed by atoms with Gasteiger partial charge in [-0.15, -0.1) is 0 Å². The number of nitrogens with zero attached hydrogens (tertiary/aromatic N) is 2. The zero-order chi connectivity index (χ0) is 20.1. The summed E-state index contributed by atoms with van der Waals surface area (Å²) in [4.78, 5) is 17.1. The fourth-order valence-electron chi connectivity index (χ4n) is 3.35. The molecule has 0 unspecified atom stereocenters. The highest BCUT2D eigenvalue weighted by molar-refractivity contribution is 5.95. The van der Waals surface area contributed by atoms with Gasteiger partial charge in [0.1, 0.15) is 5.75 Å². The summed E-state index contributed by atoms with van der Waals surface area (Å²) in [6.07, 6.45) is 0. The van der Waals surface area contributed by atoms with Crippen molar-refractivity contribution in [3.8, 4) is 23.0 Å². The standard InChI is InChI=1S/C21H26N2O5/c1-25-17-7-5-16(6-8-17)22-9-11-23(12-10-22)21(24)15-13-18(26-2)20(28-4)19(14-15)27-3/h5-8,13-14H,9-12H2,1-4H3. The van der Waals surface area contributed by atoms with Crippen molar-refractivity contribution in [2.75, 3.05) is 59.5 Å². The number of carbonyl (C=O) groups excluding carboxylic acids is 1. The van der Waals surface area contributed by atoms with E-state index in [0.717, 1.165) is 24.5 Å². The van der Waals surface area contributed by atoms with Crippen LogP contribution in [0.25, 0.3) is 0 Å². The highest BCUT2D eigenvalue weighted by Crippen LogP contribution is 2.38. The number of anilines is 1. The first-order valence-electron chi connectivity index (χ1n) is 9.09. The lowest BCUT2D eigenvalue weighted by molar-refractivity contribution is 0.0746. The van der Waals surface area contributed by atoms with E-state index in [1.807, 2.05) is 29.2 Å². The van der Waals surface area contributed by atoms with Gasteiger partial charge in [-0.1, -0.05) is 0 Å². The zero-order valence-electron chi connectivity index (χ0n) is 16.7. The molecule has 150 valence electrons. The molecule has 0 aromatic heterocycles. The van der Waals surface area contributed by atoms with Gasteiger partial charge in [0.25, 0.3) is 5.91 Å². The SMILES string of the molecule is COc1ccc(N2CCN(C(=O)c3cc(OC)c(OC)c(OC)c3)CC2)cc1. The molecule has 0 atom stereocenters. The van der Waals surface area contributed by atoms with Crippen LogP contribution in [-0.2, 0) is 0 Å². The van der Waals surface area contributed by atoms with Crippen LogP contribution in [-0.4, -0.2) is 65.4 Å². The number of hydrogen-bond acceptors (Lipinski definition) is 6. The van der Waals surface area contributed by atoms with Gasteiger partial charge in [0, 0.05) is 37.4 Å². The molecule has 28 heavy (non-hydrogen) atoms. The Balaban J connectivity index is 1.71. The van der Waals surface area contributed by atoms with Gasteiger partial charge in [-0.05, 0) is 36.4 Å². The first kappa shape index (κ1) is 19.7. The number of rotatable bonds is 6. The zero-order valence-corrected chi connectivity index (χ0v) is 16.7. The molecule has 7 nitrogen and oxygen atoms in total. The van der Waals surface area contributed by atoms with Crippen LogP contribution in [0.4, 0.5) is 5.69 Å². The molecule has 1 amide bonds. The summed E-state index contributed by atoms with van der Waals surface area (Å²) in [5, 5.41) is 0. The Hall–Kier alpha value is -3.09. The molecular weight excluding hydrogens is 360 g/mol. The van der Waals surface area contributed by atoms with Crippen LogP contribution in [0.5, 0.6) is 23.0 Å². The lowest BCUT2D eigenvalue weighted by Crippen LogP contribution is -2.48. The number of amides is 1. The second-order valence-corrected chi connectivity index (χ2v) is 6.39. The third kappa shape index (κ3) is 3.93. The largest absolute Gasteiger partial charge is 0.497 e. The van der Waals surface area contributed by atoms with Crippen LogP contribution in [0.1, 0.15) is 10.4 Å². The van der Waals surface area contributed by atoms with E-state index in [0.29, 0.717) is 35.9 Å². The van der Waals surface area contributed by atoms with E-state index >= 15 is 0 Å². The van der Waals surface area contributed by atoms with Crippen LogP contribution in [0, 0.1) is 0 Å². The van der Waals surface area contributed by atoms with Gasteiger partial charge in [0.05, 0.1) is 28.4 Å². The number of piperazine rings is 1. The molecular formula is C21H26N2O5. The van der Waals surface area contributed by atoms with Crippen molar-refractivity contribution in [2.24, 2.45) is 0 Å². The van der Waals surface area contributed by atoms with Gasteiger partial charge in [0.2, 0.25) is 5.75 Å². The normalized spacial score (nSPS) is 13.9. The average molecular weight is 386 g/mol. The third-order valence-corrected chi connectivity index (χ3v) is 4.92. The van der Waals surface area contributed by atoms with Crippen molar-refractivity contribution in [1.82, 2.24) is 4.90 Å². The lowest BCUT2D eigenvalue weighted by atomic mass is 10.1. The van der Waals surface area contributed by atoms with Gasteiger partial charge < -0.3 is 28.7 Å². The lowest BCUT2D eigenvalue weighted by Gasteiger charge is -2.36. The fourth-order valence-corrected chi connectivity index (χ4v) is 3.35. The van der Waals surface area contributed by atoms with E-state index in [4.69, 9.17) is 18.9 Å². The van der Waals surface area contributed by atoms with Gasteiger partial charge in [-0.25, -0.2) is 0 Å². The van der Waals surface area contributed by atoms with Crippen molar-refractivity contribution >= 4 is 11.6 Å². The van der Waals surface area contributed by atoms with Crippen LogP contribution >= 0.6 is 0 Å². The van der Waals surface area contributed by atoms with Gasteiger partial charge >= 0.3 is 0 Å². The maximum absolute atomic E-state index is 13.0.